The summed E-state index contributed by atoms with van der Waals surface area (Å²) in [5.74, 6) is -1.13. The largest absolute Gasteiger partial charge is 0.470 e. The Morgan fingerprint density at radius 2 is 2.05 bits per heavy atom. The summed E-state index contributed by atoms with van der Waals surface area (Å²) in [4.78, 5) is 23.9. The number of carbonyl (C=O) groups excluding carboxylic acids is 1. The second kappa shape index (κ2) is 8.51. The number of ether oxygens (including phenoxy) is 1. The fourth-order valence-electron chi connectivity index (χ4n) is 2.02. The highest BCUT2D eigenvalue weighted by Crippen LogP contribution is 2.14. The van der Waals surface area contributed by atoms with Crippen molar-refractivity contribution in [1.82, 2.24) is 9.80 Å². The van der Waals surface area contributed by atoms with Crippen molar-refractivity contribution in [2.75, 3.05) is 33.8 Å². The molecule has 0 N–H and O–H groups in total. The van der Waals surface area contributed by atoms with Crippen LogP contribution in [0.25, 0.3) is 4.85 Å². The smallest absolute Gasteiger partial charge is 0.398 e. The van der Waals surface area contributed by atoms with Gasteiger partial charge in [-0.2, -0.15) is 0 Å². The number of hydrogen-bond acceptors (Lipinski definition) is 6. The van der Waals surface area contributed by atoms with E-state index in [-0.39, 0.29) is 18.8 Å². The van der Waals surface area contributed by atoms with Gasteiger partial charge in [0, 0.05) is 13.1 Å². The van der Waals surface area contributed by atoms with E-state index in [1.807, 2.05) is 19.0 Å². The molecule has 0 amide bonds. The fourth-order valence-corrected chi connectivity index (χ4v) is 2.02. The molecular formula is C13H22N4O3. The van der Waals surface area contributed by atoms with Gasteiger partial charge in [0.1, 0.15) is 0 Å². The highest BCUT2D eigenvalue weighted by atomic mass is 16.7. The van der Waals surface area contributed by atoms with Crippen molar-refractivity contribution in [3.05, 3.63) is 11.4 Å². The summed E-state index contributed by atoms with van der Waals surface area (Å²) in [5.41, 5.74) is 0. The van der Waals surface area contributed by atoms with Crippen LogP contribution in [0.3, 0.4) is 0 Å². The van der Waals surface area contributed by atoms with Gasteiger partial charge in [-0.05, 0) is 33.9 Å². The van der Waals surface area contributed by atoms with Crippen LogP contribution in [0, 0.1) is 6.57 Å². The van der Waals surface area contributed by atoms with Crippen LogP contribution in [0.1, 0.15) is 26.2 Å². The first-order chi connectivity index (χ1) is 9.60. The maximum Gasteiger partial charge on any atom is 0.398 e. The van der Waals surface area contributed by atoms with Gasteiger partial charge in [0.2, 0.25) is 0 Å². The highest BCUT2D eigenvalue weighted by Gasteiger charge is 2.26. The third kappa shape index (κ3) is 4.79. The molecule has 1 aliphatic heterocycles. The molecule has 0 saturated carbocycles. The number of likely N-dealkylation sites (tertiary alicyclic amines) is 1. The summed E-state index contributed by atoms with van der Waals surface area (Å²) < 4.78 is 4.74. The Hall–Kier alpha value is -1.65. The van der Waals surface area contributed by atoms with Crippen LogP contribution in [0.2, 0.25) is 0 Å². The van der Waals surface area contributed by atoms with E-state index in [2.05, 4.69) is 14.9 Å². The standard InChI is InChI=1S/C13H22N4O3/c1-5-19-12(18)11(14-2)15-20-13(16(3)4)17-9-7-6-8-10-17/h13H,5-10H2,1,3-4H3. The van der Waals surface area contributed by atoms with E-state index in [4.69, 9.17) is 16.1 Å². The fraction of sp³-hybridized carbons (Fsp3) is 0.769. The Kier molecular flexibility index (Phi) is 6.98. The molecule has 7 heteroatoms. The zero-order valence-electron chi connectivity index (χ0n) is 12.3. The van der Waals surface area contributed by atoms with Crippen LogP contribution < -0.4 is 0 Å². The Labute approximate surface area is 119 Å². The predicted octanol–water partition coefficient (Wildman–Crippen LogP) is 1.13. The number of piperidine rings is 1. The zero-order valence-corrected chi connectivity index (χ0v) is 12.3. The summed E-state index contributed by atoms with van der Waals surface area (Å²) in [7, 11) is 3.74. The van der Waals surface area contributed by atoms with Gasteiger partial charge in [-0.25, -0.2) is 0 Å². The minimum atomic E-state index is -0.751. The van der Waals surface area contributed by atoms with Gasteiger partial charge in [0.15, 0.2) is 0 Å². The molecule has 7 nitrogen and oxygen atoms in total. The number of oxime groups is 1. The molecule has 112 valence electrons. The van der Waals surface area contributed by atoms with Gasteiger partial charge < -0.3 is 9.58 Å². The van der Waals surface area contributed by atoms with E-state index in [9.17, 15) is 4.79 Å². The number of amidine groups is 1. The lowest BCUT2D eigenvalue weighted by atomic mass is 10.1. The van der Waals surface area contributed by atoms with Gasteiger partial charge in [-0.15, -0.1) is 0 Å². The molecule has 0 aromatic carbocycles. The molecule has 1 saturated heterocycles. The number of rotatable bonds is 5. The van der Waals surface area contributed by atoms with E-state index in [1.165, 1.54) is 6.42 Å². The van der Waals surface area contributed by atoms with Crippen molar-refractivity contribution >= 4 is 11.8 Å². The van der Waals surface area contributed by atoms with Crippen molar-refractivity contribution < 1.29 is 14.4 Å². The van der Waals surface area contributed by atoms with E-state index >= 15 is 0 Å². The van der Waals surface area contributed by atoms with Gasteiger partial charge in [-0.1, -0.05) is 13.0 Å². The number of carbonyl (C=O) groups is 1. The molecule has 1 aliphatic rings. The lowest BCUT2D eigenvalue weighted by Crippen LogP contribution is -2.48. The molecule has 1 heterocycles. The number of nitrogens with zero attached hydrogens (tertiary/aromatic N) is 4. The molecule has 0 spiro atoms. The van der Waals surface area contributed by atoms with Crippen molar-refractivity contribution in [3.63, 3.8) is 0 Å². The van der Waals surface area contributed by atoms with Gasteiger partial charge in [0.05, 0.1) is 11.8 Å². The van der Waals surface area contributed by atoms with Crippen molar-refractivity contribution in [1.29, 1.82) is 0 Å². The normalized spacial score (nSPS) is 18.4. The molecule has 0 bridgehead atoms. The zero-order chi connectivity index (χ0) is 15.0. The summed E-state index contributed by atoms with van der Waals surface area (Å²) in [6.07, 6.45) is 3.08. The lowest BCUT2D eigenvalue weighted by molar-refractivity contribution is -0.145. The Morgan fingerprint density at radius 1 is 1.40 bits per heavy atom. The lowest BCUT2D eigenvalue weighted by Gasteiger charge is -2.34. The summed E-state index contributed by atoms with van der Waals surface area (Å²) in [6, 6.07) is 0. The summed E-state index contributed by atoms with van der Waals surface area (Å²) >= 11 is 0. The molecule has 0 aromatic rings. The van der Waals surface area contributed by atoms with Crippen molar-refractivity contribution in [2.45, 2.75) is 32.5 Å². The molecule has 1 fully saturated rings. The van der Waals surface area contributed by atoms with Gasteiger partial charge >= 0.3 is 11.8 Å². The Morgan fingerprint density at radius 3 is 2.55 bits per heavy atom. The summed E-state index contributed by atoms with van der Waals surface area (Å²) in [6.45, 7) is 10.7. The Balaban J connectivity index is 2.69. The molecule has 0 radical (unpaired) electrons. The topological polar surface area (TPSA) is 58.7 Å². The second-order valence-corrected chi connectivity index (χ2v) is 4.74. The van der Waals surface area contributed by atoms with E-state index in [1.54, 1.807) is 6.92 Å². The number of esters is 1. The van der Waals surface area contributed by atoms with Crippen LogP contribution >= 0.6 is 0 Å². The van der Waals surface area contributed by atoms with E-state index in [0.29, 0.717) is 0 Å². The highest BCUT2D eigenvalue weighted by molar-refractivity contribution is 6.39. The van der Waals surface area contributed by atoms with Gasteiger partial charge in [0.25, 0.3) is 6.35 Å². The van der Waals surface area contributed by atoms with Crippen LogP contribution in [-0.2, 0) is 14.4 Å². The first-order valence-electron chi connectivity index (χ1n) is 6.79. The Bertz CT molecular complexity index is 384. The third-order valence-electron chi connectivity index (χ3n) is 2.94. The van der Waals surface area contributed by atoms with E-state index < -0.39 is 5.97 Å². The van der Waals surface area contributed by atoms with Crippen LogP contribution in [0.15, 0.2) is 5.16 Å². The third-order valence-corrected chi connectivity index (χ3v) is 2.94. The molecule has 1 atom stereocenters. The monoisotopic (exact) mass is 282 g/mol. The molecule has 1 rings (SSSR count). The second-order valence-electron chi connectivity index (χ2n) is 4.74. The van der Waals surface area contributed by atoms with Crippen LogP contribution in [-0.4, -0.2) is 61.7 Å². The first kappa shape index (κ1) is 16.4. The maximum absolute atomic E-state index is 11.5. The molecule has 20 heavy (non-hydrogen) atoms. The van der Waals surface area contributed by atoms with Crippen LogP contribution in [0.4, 0.5) is 0 Å². The average molecular weight is 282 g/mol. The predicted molar refractivity (Wildman–Crippen MR) is 74.7 cm³/mol. The first-order valence-corrected chi connectivity index (χ1v) is 6.79. The summed E-state index contributed by atoms with van der Waals surface area (Å²) in [5, 5.41) is 3.66. The molecule has 1 unspecified atom stereocenters. The van der Waals surface area contributed by atoms with Gasteiger partial charge in [-0.3, -0.25) is 19.4 Å². The molecular weight excluding hydrogens is 260 g/mol. The average Bonchev–Trinajstić information content (AvgIpc) is 2.44. The van der Waals surface area contributed by atoms with Crippen LogP contribution in [0.5, 0.6) is 0 Å². The van der Waals surface area contributed by atoms with Crippen molar-refractivity contribution in [2.24, 2.45) is 5.16 Å². The molecule has 0 aromatic heterocycles. The minimum absolute atomic E-state index is 0.205. The quantitative estimate of drug-likeness (QED) is 0.189. The van der Waals surface area contributed by atoms with Crippen molar-refractivity contribution in [3.8, 4) is 0 Å². The number of hydrogen-bond donors (Lipinski definition) is 0. The molecule has 0 aliphatic carbocycles. The maximum atomic E-state index is 11.5. The minimum Gasteiger partial charge on any atom is -0.470 e. The van der Waals surface area contributed by atoms with E-state index in [0.717, 1.165) is 25.9 Å². The SMILES string of the molecule is [C-]#[N+]C(=NOC(N(C)C)N1CCCCC1)C(=O)OCC.